The molecule has 2 nitrogen and oxygen atoms in total. The van der Waals surface area contributed by atoms with E-state index in [2.05, 4.69) is 24.1 Å². The van der Waals surface area contributed by atoms with Gasteiger partial charge in [-0.1, -0.05) is 0 Å². The van der Waals surface area contributed by atoms with E-state index in [4.69, 9.17) is 0 Å². The van der Waals surface area contributed by atoms with Gasteiger partial charge in [0.05, 0.1) is 0 Å². The van der Waals surface area contributed by atoms with Crippen LogP contribution in [0.1, 0.15) is 26.7 Å². The maximum absolute atomic E-state index is 3.35. The third-order valence-corrected chi connectivity index (χ3v) is 3.06. The number of hydrogen-bond donors (Lipinski definition) is 1. The molecule has 1 heterocycles. The van der Waals surface area contributed by atoms with Gasteiger partial charge in [0.1, 0.15) is 0 Å². The molecule has 0 bridgehead atoms. The zero-order valence-corrected chi connectivity index (χ0v) is 8.21. The predicted octanol–water partition coefficient (Wildman–Crippen LogP) is 1.08. The Hall–Kier alpha value is -0.0800. The average Bonchev–Trinajstić information content (AvgIpc) is 2.65. The fourth-order valence-corrected chi connectivity index (χ4v) is 1.89. The van der Waals surface area contributed by atoms with E-state index in [1.54, 1.807) is 0 Å². The highest BCUT2D eigenvalue weighted by Gasteiger charge is 2.31. The van der Waals surface area contributed by atoms with Gasteiger partial charge in [0, 0.05) is 31.7 Å². The molecule has 1 aliphatic carbocycles. The molecular weight excluding hydrogens is 148 g/mol. The third-order valence-electron chi connectivity index (χ3n) is 3.06. The molecule has 0 aromatic rings. The van der Waals surface area contributed by atoms with Crippen LogP contribution in [-0.4, -0.2) is 36.6 Å². The van der Waals surface area contributed by atoms with Crippen molar-refractivity contribution in [1.29, 1.82) is 0 Å². The monoisotopic (exact) mass is 168 g/mol. The molecule has 0 aromatic carbocycles. The van der Waals surface area contributed by atoms with Gasteiger partial charge in [0.15, 0.2) is 0 Å². The summed E-state index contributed by atoms with van der Waals surface area (Å²) in [7, 11) is 0. The molecule has 12 heavy (non-hydrogen) atoms. The molecule has 1 N–H and O–H groups in total. The van der Waals surface area contributed by atoms with Crippen LogP contribution in [0.4, 0.5) is 0 Å². The molecule has 2 fully saturated rings. The van der Waals surface area contributed by atoms with Crippen molar-refractivity contribution in [1.82, 2.24) is 10.2 Å². The number of nitrogens with zero attached hydrogens (tertiary/aromatic N) is 1. The van der Waals surface area contributed by atoms with Crippen molar-refractivity contribution in [3.05, 3.63) is 0 Å². The van der Waals surface area contributed by atoms with Crippen LogP contribution < -0.4 is 5.32 Å². The highest BCUT2D eigenvalue weighted by molar-refractivity contribution is 4.89. The summed E-state index contributed by atoms with van der Waals surface area (Å²) in [6, 6.07) is 1.57. The van der Waals surface area contributed by atoms with Crippen molar-refractivity contribution >= 4 is 0 Å². The zero-order valence-electron chi connectivity index (χ0n) is 8.21. The van der Waals surface area contributed by atoms with Gasteiger partial charge in [-0.2, -0.15) is 0 Å². The van der Waals surface area contributed by atoms with E-state index < -0.39 is 0 Å². The summed E-state index contributed by atoms with van der Waals surface area (Å²) >= 11 is 0. The summed E-state index contributed by atoms with van der Waals surface area (Å²) in [5.74, 6) is 1.04. The number of rotatable bonds is 4. The van der Waals surface area contributed by atoms with E-state index in [0.717, 1.165) is 18.0 Å². The summed E-state index contributed by atoms with van der Waals surface area (Å²) < 4.78 is 0. The van der Waals surface area contributed by atoms with E-state index in [1.807, 2.05) is 0 Å². The maximum Gasteiger partial charge on any atom is 0.0348 e. The minimum Gasteiger partial charge on any atom is -0.314 e. The largest absolute Gasteiger partial charge is 0.314 e. The quantitative estimate of drug-likeness (QED) is 0.675. The number of nitrogens with one attached hydrogen (secondary N) is 1. The highest BCUT2D eigenvalue weighted by Crippen LogP contribution is 2.31. The van der Waals surface area contributed by atoms with Crippen molar-refractivity contribution in [2.45, 2.75) is 38.8 Å². The van der Waals surface area contributed by atoms with Gasteiger partial charge in [-0.25, -0.2) is 0 Å². The Labute approximate surface area is 75.3 Å². The molecule has 1 saturated carbocycles. The molecule has 0 unspecified atom stereocenters. The van der Waals surface area contributed by atoms with Gasteiger partial charge < -0.3 is 5.32 Å². The van der Waals surface area contributed by atoms with Gasteiger partial charge in [-0.15, -0.1) is 0 Å². The van der Waals surface area contributed by atoms with Crippen LogP contribution in [-0.2, 0) is 0 Å². The topological polar surface area (TPSA) is 15.3 Å². The highest BCUT2D eigenvalue weighted by atomic mass is 15.2. The fraction of sp³-hybridized carbons (Fsp3) is 1.00. The second-order valence-electron chi connectivity index (χ2n) is 4.55. The van der Waals surface area contributed by atoms with Crippen LogP contribution >= 0.6 is 0 Å². The smallest absolute Gasteiger partial charge is 0.0348 e. The van der Waals surface area contributed by atoms with Crippen LogP contribution in [0.5, 0.6) is 0 Å². The van der Waals surface area contributed by atoms with Crippen LogP contribution in [0, 0.1) is 5.92 Å². The summed E-state index contributed by atoms with van der Waals surface area (Å²) in [6.07, 6.45) is 2.95. The first-order valence-corrected chi connectivity index (χ1v) is 5.24. The normalized spacial score (nSPS) is 25.0. The Morgan fingerprint density at radius 2 is 2.00 bits per heavy atom. The molecular formula is C10H20N2. The lowest BCUT2D eigenvalue weighted by atomic mass is 10.1. The molecule has 0 radical (unpaired) electrons. The number of hydrogen-bond acceptors (Lipinski definition) is 2. The molecule has 0 amide bonds. The third kappa shape index (κ3) is 1.80. The molecule has 1 saturated heterocycles. The first kappa shape index (κ1) is 8.52. The molecule has 2 aliphatic rings. The predicted molar refractivity (Wildman–Crippen MR) is 51.2 cm³/mol. The van der Waals surface area contributed by atoms with Crippen LogP contribution in [0.15, 0.2) is 0 Å². The Morgan fingerprint density at radius 1 is 1.33 bits per heavy atom. The summed E-state index contributed by atoms with van der Waals surface area (Å²) in [5.41, 5.74) is 0. The fourth-order valence-electron chi connectivity index (χ4n) is 1.89. The second kappa shape index (κ2) is 3.35. The molecule has 0 aromatic heterocycles. The Balaban J connectivity index is 1.82. The molecule has 70 valence electrons. The SMILES string of the molecule is CC(C)N(CC1CC1)C1CNC1. The van der Waals surface area contributed by atoms with Gasteiger partial charge in [0.2, 0.25) is 0 Å². The van der Waals surface area contributed by atoms with E-state index in [9.17, 15) is 0 Å². The van der Waals surface area contributed by atoms with Crippen molar-refractivity contribution in [3.8, 4) is 0 Å². The molecule has 2 heteroatoms. The summed E-state index contributed by atoms with van der Waals surface area (Å²) in [5, 5.41) is 3.35. The molecule has 0 spiro atoms. The van der Waals surface area contributed by atoms with Crippen LogP contribution in [0.3, 0.4) is 0 Å². The van der Waals surface area contributed by atoms with Gasteiger partial charge in [-0.3, -0.25) is 4.90 Å². The Kier molecular flexibility index (Phi) is 2.37. The van der Waals surface area contributed by atoms with E-state index in [1.165, 1.54) is 32.5 Å². The lowest BCUT2D eigenvalue weighted by Gasteiger charge is -2.41. The molecule has 1 aliphatic heterocycles. The van der Waals surface area contributed by atoms with Gasteiger partial charge >= 0.3 is 0 Å². The molecule has 0 atom stereocenters. The minimum absolute atomic E-state index is 0.734. The second-order valence-corrected chi connectivity index (χ2v) is 4.55. The van der Waals surface area contributed by atoms with Crippen LogP contribution in [0.2, 0.25) is 0 Å². The van der Waals surface area contributed by atoms with E-state index >= 15 is 0 Å². The van der Waals surface area contributed by atoms with Crippen molar-refractivity contribution in [3.63, 3.8) is 0 Å². The summed E-state index contributed by atoms with van der Waals surface area (Å²) in [6.45, 7) is 8.42. The Bertz CT molecular complexity index is 148. The average molecular weight is 168 g/mol. The van der Waals surface area contributed by atoms with E-state index in [0.29, 0.717) is 0 Å². The van der Waals surface area contributed by atoms with Crippen molar-refractivity contribution in [2.24, 2.45) is 5.92 Å². The minimum atomic E-state index is 0.734. The van der Waals surface area contributed by atoms with Gasteiger partial charge in [-0.05, 0) is 32.6 Å². The first-order valence-electron chi connectivity index (χ1n) is 5.24. The van der Waals surface area contributed by atoms with E-state index in [-0.39, 0.29) is 0 Å². The lowest BCUT2D eigenvalue weighted by molar-refractivity contribution is 0.105. The standard InChI is InChI=1S/C10H20N2/c1-8(2)12(7-9-3-4-9)10-5-11-6-10/h8-11H,3-7H2,1-2H3. The van der Waals surface area contributed by atoms with Crippen molar-refractivity contribution in [2.75, 3.05) is 19.6 Å². The van der Waals surface area contributed by atoms with Gasteiger partial charge in [0.25, 0.3) is 0 Å². The molecule has 2 rings (SSSR count). The zero-order chi connectivity index (χ0) is 8.55. The summed E-state index contributed by atoms with van der Waals surface area (Å²) in [4.78, 5) is 2.67. The maximum atomic E-state index is 3.35. The van der Waals surface area contributed by atoms with Crippen molar-refractivity contribution < 1.29 is 0 Å². The lowest BCUT2D eigenvalue weighted by Crippen LogP contribution is -2.59. The first-order chi connectivity index (χ1) is 5.77. The van der Waals surface area contributed by atoms with Crippen LogP contribution in [0.25, 0.3) is 0 Å². The Morgan fingerprint density at radius 3 is 2.33 bits per heavy atom.